The molecule has 0 nitrogen and oxygen atoms in total. The van der Waals surface area contributed by atoms with E-state index in [0.717, 1.165) is 29.6 Å². The average molecular weight is 224 g/mol. The summed E-state index contributed by atoms with van der Waals surface area (Å²) >= 11 is 0. The molecule has 16 heavy (non-hydrogen) atoms. The van der Waals surface area contributed by atoms with Gasteiger partial charge in [0.2, 0.25) is 0 Å². The minimum atomic E-state index is 0.922. The van der Waals surface area contributed by atoms with Crippen molar-refractivity contribution in [2.24, 2.45) is 29.6 Å². The quantitative estimate of drug-likeness (QED) is 0.579. The van der Waals surface area contributed by atoms with Gasteiger partial charge in [0, 0.05) is 0 Å². The van der Waals surface area contributed by atoms with Crippen LogP contribution < -0.4 is 0 Å². The highest BCUT2D eigenvalue weighted by molar-refractivity contribution is 4.91. The first-order chi connectivity index (χ1) is 7.74. The van der Waals surface area contributed by atoms with Gasteiger partial charge in [-0.25, -0.2) is 0 Å². The normalized spacial score (nSPS) is 37.9. The Hall–Kier alpha value is 0. The monoisotopic (exact) mass is 224 g/mol. The van der Waals surface area contributed by atoms with Gasteiger partial charge in [-0.3, -0.25) is 0 Å². The van der Waals surface area contributed by atoms with E-state index in [9.17, 15) is 0 Å². The van der Waals surface area contributed by atoms with Gasteiger partial charge >= 0.3 is 0 Å². The van der Waals surface area contributed by atoms with E-state index in [-0.39, 0.29) is 0 Å². The Bertz CT molecular complexity index is 182. The average Bonchev–Trinajstić information content (AvgIpc) is 2.77. The number of fused-ring (bicyclic) bond motifs is 1. The maximum Gasteiger partial charge on any atom is -0.0332 e. The van der Waals surface area contributed by atoms with E-state index >= 15 is 0 Å². The van der Waals surface area contributed by atoms with Crippen molar-refractivity contribution in [3.05, 3.63) is 0 Å². The van der Waals surface area contributed by atoms with E-state index in [1.807, 2.05) is 13.8 Å². The lowest BCUT2D eigenvalue weighted by Gasteiger charge is -2.42. The van der Waals surface area contributed by atoms with Gasteiger partial charge in [-0.2, -0.15) is 0 Å². The summed E-state index contributed by atoms with van der Waals surface area (Å²) in [6, 6.07) is 0. The summed E-state index contributed by atoms with van der Waals surface area (Å²) < 4.78 is 0. The second-order valence-electron chi connectivity index (χ2n) is 5.92. The van der Waals surface area contributed by atoms with Gasteiger partial charge in [-0.15, -0.1) is 0 Å². The molecule has 96 valence electrons. The molecule has 4 atom stereocenters. The second kappa shape index (κ2) is 6.67. The molecule has 0 radical (unpaired) electrons. The predicted octanol–water partition coefficient (Wildman–Crippen LogP) is 5.52. The van der Waals surface area contributed by atoms with Crippen LogP contribution >= 0.6 is 0 Å². The van der Waals surface area contributed by atoms with Crippen LogP contribution in [0, 0.1) is 29.6 Å². The van der Waals surface area contributed by atoms with Gasteiger partial charge in [0.25, 0.3) is 0 Å². The second-order valence-corrected chi connectivity index (χ2v) is 5.92. The lowest BCUT2D eigenvalue weighted by Crippen LogP contribution is -2.34. The van der Waals surface area contributed by atoms with Crippen molar-refractivity contribution < 1.29 is 0 Å². The third kappa shape index (κ3) is 2.81. The molecule has 2 fully saturated rings. The van der Waals surface area contributed by atoms with Crippen LogP contribution in [0.3, 0.4) is 0 Å². The van der Waals surface area contributed by atoms with Crippen LogP contribution in [0.2, 0.25) is 0 Å². The number of rotatable bonds is 2. The summed E-state index contributed by atoms with van der Waals surface area (Å²) in [5.74, 6) is 5.25. The molecular formula is C16H32. The van der Waals surface area contributed by atoms with E-state index in [1.165, 1.54) is 19.3 Å². The van der Waals surface area contributed by atoms with E-state index in [2.05, 4.69) is 20.8 Å². The third-order valence-corrected chi connectivity index (χ3v) is 4.96. The first kappa shape index (κ1) is 14.1. The fourth-order valence-electron chi connectivity index (χ4n) is 4.42. The van der Waals surface area contributed by atoms with Crippen molar-refractivity contribution >= 4 is 0 Å². The zero-order valence-corrected chi connectivity index (χ0v) is 12.1. The topological polar surface area (TPSA) is 0 Å². The molecular weight excluding hydrogens is 192 g/mol. The fourth-order valence-corrected chi connectivity index (χ4v) is 4.42. The SMILES string of the molecule is CC.CCC1CCC2CCCC2C1C(C)C. The van der Waals surface area contributed by atoms with Crippen molar-refractivity contribution in [2.45, 2.75) is 73.1 Å². The molecule has 0 aromatic heterocycles. The molecule has 0 heterocycles. The smallest absolute Gasteiger partial charge is 0.0332 e. The highest BCUT2D eigenvalue weighted by Gasteiger charge is 2.41. The van der Waals surface area contributed by atoms with Crippen LogP contribution in [0.1, 0.15) is 73.1 Å². The summed E-state index contributed by atoms with van der Waals surface area (Å²) in [5, 5.41) is 0. The Morgan fingerprint density at radius 3 is 2.25 bits per heavy atom. The maximum absolute atomic E-state index is 2.45. The van der Waals surface area contributed by atoms with Gasteiger partial charge in [0.1, 0.15) is 0 Å². The van der Waals surface area contributed by atoms with Crippen LogP contribution in [0.4, 0.5) is 0 Å². The lowest BCUT2D eigenvalue weighted by molar-refractivity contribution is 0.0702. The molecule has 2 aliphatic rings. The van der Waals surface area contributed by atoms with E-state index < -0.39 is 0 Å². The standard InChI is InChI=1S/C14H26.C2H6/c1-4-11-8-9-12-6-5-7-13(12)14(11)10(2)3;1-2/h10-14H,4-9H2,1-3H3;1-2H3. The zero-order chi connectivity index (χ0) is 12.1. The van der Waals surface area contributed by atoms with Gasteiger partial charge in [0.15, 0.2) is 0 Å². The van der Waals surface area contributed by atoms with Gasteiger partial charge in [0.05, 0.1) is 0 Å². The van der Waals surface area contributed by atoms with Crippen molar-refractivity contribution in [1.82, 2.24) is 0 Å². The lowest BCUT2D eigenvalue weighted by atomic mass is 9.63. The van der Waals surface area contributed by atoms with E-state index in [1.54, 1.807) is 19.3 Å². The summed E-state index contributed by atoms with van der Waals surface area (Å²) in [6.45, 7) is 11.3. The molecule has 0 amide bonds. The number of hydrogen-bond acceptors (Lipinski definition) is 0. The summed E-state index contributed by atoms with van der Waals surface area (Å²) in [4.78, 5) is 0. The molecule has 0 heteroatoms. The van der Waals surface area contributed by atoms with Crippen molar-refractivity contribution in [3.63, 3.8) is 0 Å². The largest absolute Gasteiger partial charge is 0.0683 e. The molecule has 0 aromatic carbocycles. The molecule has 2 rings (SSSR count). The molecule has 4 unspecified atom stereocenters. The molecule has 0 spiro atoms. The first-order valence-corrected chi connectivity index (χ1v) is 7.74. The van der Waals surface area contributed by atoms with Gasteiger partial charge in [-0.05, 0) is 48.9 Å². The van der Waals surface area contributed by atoms with Gasteiger partial charge < -0.3 is 0 Å². The van der Waals surface area contributed by atoms with E-state index in [0.29, 0.717) is 0 Å². The fraction of sp³-hybridized carbons (Fsp3) is 1.00. The minimum absolute atomic E-state index is 0.922. The Balaban J connectivity index is 0.000000606. The molecule has 2 saturated carbocycles. The Morgan fingerprint density at radius 2 is 1.69 bits per heavy atom. The molecule has 0 bridgehead atoms. The van der Waals surface area contributed by atoms with Crippen LogP contribution in [0.15, 0.2) is 0 Å². The number of hydrogen-bond donors (Lipinski definition) is 0. The predicted molar refractivity (Wildman–Crippen MR) is 73.5 cm³/mol. The molecule has 0 aliphatic heterocycles. The summed E-state index contributed by atoms with van der Waals surface area (Å²) in [7, 11) is 0. The van der Waals surface area contributed by atoms with E-state index in [4.69, 9.17) is 0 Å². The van der Waals surface area contributed by atoms with Crippen molar-refractivity contribution in [1.29, 1.82) is 0 Å². The Morgan fingerprint density at radius 1 is 1.00 bits per heavy atom. The molecule has 0 saturated heterocycles. The van der Waals surface area contributed by atoms with Crippen LogP contribution in [0.5, 0.6) is 0 Å². The minimum Gasteiger partial charge on any atom is -0.0683 e. The van der Waals surface area contributed by atoms with Crippen molar-refractivity contribution in [2.75, 3.05) is 0 Å². The molecule has 0 aromatic rings. The Kier molecular flexibility index (Phi) is 5.86. The summed E-state index contributed by atoms with van der Waals surface area (Å²) in [6.07, 6.45) is 9.11. The van der Waals surface area contributed by atoms with Gasteiger partial charge in [-0.1, -0.05) is 53.9 Å². The molecule has 2 aliphatic carbocycles. The highest BCUT2D eigenvalue weighted by atomic mass is 14.5. The first-order valence-electron chi connectivity index (χ1n) is 7.74. The maximum atomic E-state index is 2.45. The highest BCUT2D eigenvalue weighted by Crippen LogP contribution is 2.51. The summed E-state index contributed by atoms with van der Waals surface area (Å²) in [5.41, 5.74) is 0. The third-order valence-electron chi connectivity index (χ3n) is 4.96. The van der Waals surface area contributed by atoms with Crippen LogP contribution in [-0.4, -0.2) is 0 Å². The zero-order valence-electron chi connectivity index (χ0n) is 12.1. The van der Waals surface area contributed by atoms with Crippen molar-refractivity contribution in [3.8, 4) is 0 Å². The molecule has 0 N–H and O–H groups in total. The van der Waals surface area contributed by atoms with Crippen LogP contribution in [0.25, 0.3) is 0 Å². The van der Waals surface area contributed by atoms with Crippen LogP contribution in [-0.2, 0) is 0 Å². The Labute approximate surface area is 103 Å².